The fourth-order valence-electron chi connectivity index (χ4n) is 4.64. The van der Waals surface area contributed by atoms with E-state index in [0.717, 1.165) is 25.7 Å². The predicted octanol–water partition coefficient (Wildman–Crippen LogP) is 11.7. The van der Waals surface area contributed by atoms with Crippen molar-refractivity contribution in [2.45, 2.75) is 194 Å². The van der Waals surface area contributed by atoms with Gasteiger partial charge in [0.15, 0.2) is 0 Å². The molecule has 0 saturated carbocycles. The molecule has 0 heterocycles. The molecule has 0 aromatic carbocycles. The summed E-state index contributed by atoms with van der Waals surface area (Å²) in [5, 5.41) is 17.0. The van der Waals surface area contributed by atoms with E-state index in [2.05, 4.69) is 26.0 Å². The van der Waals surface area contributed by atoms with E-state index < -0.39 is 11.9 Å². The van der Waals surface area contributed by atoms with Crippen molar-refractivity contribution >= 4 is 11.9 Å². The second kappa shape index (κ2) is 35.7. The van der Waals surface area contributed by atoms with Crippen molar-refractivity contribution in [3.63, 3.8) is 0 Å². The summed E-state index contributed by atoms with van der Waals surface area (Å²) in [4.78, 5) is 20.6. The number of hydrogen-bond acceptors (Lipinski definition) is 2. The van der Waals surface area contributed by atoms with Crippen LogP contribution in [0.15, 0.2) is 12.2 Å². The van der Waals surface area contributed by atoms with Gasteiger partial charge in [0.1, 0.15) is 0 Å². The highest BCUT2D eigenvalue weighted by Crippen LogP contribution is 2.13. The second-order valence-corrected chi connectivity index (χ2v) is 11.1. The fraction of sp³-hybridized carbons (Fsp3) is 0.882. The highest BCUT2D eigenvalue weighted by Gasteiger charge is 1.97. The highest BCUT2D eigenvalue weighted by atomic mass is 16.4. The van der Waals surface area contributed by atoms with Crippen LogP contribution < -0.4 is 0 Å². The number of carboxylic acid groups (broad SMARTS) is 2. The van der Waals surface area contributed by atoms with Crippen LogP contribution >= 0.6 is 0 Å². The number of carbonyl (C=O) groups is 2. The van der Waals surface area contributed by atoms with Crippen molar-refractivity contribution in [2.24, 2.45) is 0 Å². The molecule has 0 saturated heterocycles. The number of allylic oxidation sites excluding steroid dienone is 2. The molecule has 0 aliphatic rings. The zero-order valence-corrected chi connectivity index (χ0v) is 25.7. The van der Waals surface area contributed by atoms with Gasteiger partial charge in [-0.2, -0.15) is 0 Å². The number of rotatable bonds is 29. The molecule has 2 N–H and O–H groups in total. The lowest BCUT2D eigenvalue weighted by Crippen LogP contribution is -1.93. The lowest BCUT2D eigenvalue weighted by Gasteiger charge is -2.02. The maximum Gasteiger partial charge on any atom is 0.303 e. The average molecular weight is 539 g/mol. The molecule has 0 atom stereocenters. The molecule has 0 rings (SSSR count). The third-order valence-electron chi connectivity index (χ3n) is 7.15. The summed E-state index contributed by atoms with van der Waals surface area (Å²) in [6, 6.07) is 0. The van der Waals surface area contributed by atoms with E-state index in [0.29, 0.717) is 12.8 Å². The molecule has 0 aromatic rings. The Morgan fingerprint density at radius 2 is 0.632 bits per heavy atom. The summed E-state index contributed by atoms with van der Waals surface area (Å²) >= 11 is 0. The van der Waals surface area contributed by atoms with Gasteiger partial charge in [0, 0.05) is 12.8 Å². The van der Waals surface area contributed by atoms with Crippen LogP contribution in [0.5, 0.6) is 0 Å². The summed E-state index contributed by atoms with van der Waals surface area (Å²) in [6.07, 6.45) is 38.5. The standard InChI is InChI=1S/C18H34O2.C16H32O2/c1-2-3-4-5-6-7-8-9-10-11-12-13-14-15-16-17-18(19)20;1-2-3-4-5-6-7-8-9-10-11-12-13-14-15-16(17)18/h9-10H,2-8,11-17H2,1H3,(H,19,20);2-15H2,1H3,(H,17,18). The van der Waals surface area contributed by atoms with Crippen LogP contribution in [0.1, 0.15) is 194 Å². The predicted molar refractivity (Wildman–Crippen MR) is 165 cm³/mol. The molecule has 38 heavy (non-hydrogen) atoms. The lowest BCUT2D eigenvalue weighted by molar-refractivity contribution is -0.138. The Kier molecular flexibility index (Phi) is 36.5. The number of carboxylic acids is 2. The highest BCUT2D eigenvalue weighted by molar-refractivity contribution is 5.66. The van der Waals surface area contributed by atoms with Crippen LogP contribution in [0.2, 0.25) is 0 Å². The van der Waals surface area contributed by atoms with Gasteiger partial charge in [-0.3, -0.25) is 9.59 Å². The van der Waals surface area contributed by atoms with E-state index in [9.17, 15) is 9.59 Å². The van der Waals surface area contributed by atoms with Crippen molar-refractivity contribution in [3.05, 3.63) is 12.2 Å². The molecule has 0 spiro atoms. The number of aliphatic carboxylic acids is 2. The minimum Gasteiger partial charge on any atom is -0.481 e. The Morgan fingerprint density at radius 3 is 0.895 bits per heavy atom. The van der Waals surface area contributed by atoms with Gasteiger partial charge in [-0.05, 0) is 38.5 Å². The van der Waals surface area contributed by atoms with E-state index in [-0.39, 0.29) is 0 Å². The molecule has 0 fully saturated rings. The number of unbranched alkanes of at least 4 members (excludes halogenated alkanes) is 23. The topological polar surface area (TPSA) is 74.6 Å². The Morgan fingerprint density at radius 1 is 0.395 bits per heavy atom. The SMILES string of the molecule is CCCCCCCCC=CCCCCCCCC(=O)O.CCCCCCCCCCCCCCCC(=O)O. The summed E-state index contributed by atoms with van der Waals surface area (Å²) in [5.74, 6) is -1.32. The van der Waals surface area contributed by atoms with Gasteiger partial charge < -0.3 is 10.2 Å². The van der Waals surface area contributed by atoms with Crippen LogP contribution in [0.3, 0.4) is 0 Å². The van der Waals surface area contributed by atoms with Crippen molar-refractivity contribution in [3.8, 4) is 0 Å². The van der Waals surface area contributed by atoms with Crippen molar-refractivity contribution in [1.29, 1.82) is 0 Å². The van der Waals surface area contributed by atoms with Crippen LogP contribution in [-0.4, -0.2) is 22.2 Å². The molecule has 0 aromatic heterocycles. The molecule has 0 amide bonds. The molecule has 0 bridgehead atoms. The van der Waals surface area contributed by atoms with Crippen LogP contribution in [-0.2, 0) is 9.59 Å². The zero-order valence-electron chi connectivity index (χ0n) is 25.7. The van der Waals surface area contributed by atoms with E-state index in [1.54, 1.807) is 0 Å². The molecular formula is C34H66O4. The Labute approximate surface area is 237 Å². The van der Waals surface area contributed by atoms with Gasteiger partial charge in [-0.25, -0.2) is 0 Å². The quantitative estimate of drug-likeness (QED) is 0.0733. The van der Waals surface area contributed by atoms with Gasteiger partial charge in [-0.15, -0.1) is 0 Å². The van der Waals surface area contributed by atoms with E-state index in [1.165, 1.54) is 141 Å². The first-order valence-electron chi connectivity index (χ1n) is 16.6. The first kappa shape index (κ1) is 38.8. The lowest BCUT2D eigenvalue weighted by atomic mass is 10.0. The van der Waals surface area contributed by atoms with Crippen LogP contribution in [0.25, 0.3) is 0 Å². The molecule has 226 valence electrons. The van der Waals surface area contributed by atoms with Crippen molar-refractivity contribution in [2.75, 3.05) is 0 Å². The van der Waals surface area contributed by atoms with Crippen LogP contribution in [0, 0.1) is 0 Å². The van der Waals surface area contributed by atoms with E-state index >= 15 is 0 Å². The Hall–Kier alpha value is -1.32. The van der Waals surface area contributed by atoms with E-state index in [1.807, 2.05) is 0 Å². The molecule has 4 heteroatoms. The monoisotopic (exact) mass is 538 g/mol. The third kappa shape index (κ3) is 41.8. The molecular weight excluding hydrogens is 472 g/mol. The van der Waals surface area contributed by atoms with E-state index in [4.69, 9.17) is 10.2 Å². The summed E-state index contributed by atoms with van der Waals surface area (Å²) in [6.45, 7) is 4.52. The maximum absolute atomic E-state index is 10.3. The fourth-order valence-corrected chi connectivity index (χ4v) is 4.64. The van der Waals surface area contributed by atoms with Gasteiger partial charge in [0.25, 0.3) is 0 Å². The Balaban J connectivity index is 0. The largest absolute Gasteiger partial charge is 0.481 e. The van der Waals surface area contributed by atoms with Gasteiger partial charge in [0.2, 0.25) is 0 Å². The third-order valence-corrected chi connectivity index (χ3v) is 7.15. The molecule has 0 unspecified atom stereocenters. The van der Waals surface area contributed by atoms with Crippen molar-refractivity contribution in [1.82, 2.24) is 0 Å². The molecule has 0 aliphatic heterocycles. The minimum absolute atomic E-state index is 0.332. The summed E-state index contributed by atoms with van der Waals surface area (Å²) in [7, 11) is 0. The van der Waals surface area contributed by atoms with Gasteiger partial charge >= 0.3 is 11.9 Å². The second-order valence-electron chi connectivity index (χ2n) is 11.1. The smallest absolute Gasteiger partial charge is 0.303 e. The van der Waals surface area contributed by atoms with Gasteiger partial charge in [0.05, 0.1) is 0 Å². The summed E-state index contributed by atoms with van der Waals surface area (Å²) in [5.41, 5.74) is 0. The van der Waals surface area contributed by atoms with Crippen molar-refractivity contribution < 1.29 is 19.8 Å². The number of hydrogen-bond donors (Lipinski definition) is 2. The zero-order chi connectivity index (χ0) is 28.4. The normalized spacial score (nSPS) is 11.0. The molecule has 0 radical (unpaired) electrons. The summed E-state index contributed by atoms with van der Waals surface area (Å²) < 4.78 is 0. The van der Waals surface area contributed by atoms with Gasteiger partial charge in [-0.1, -0.05) is 154 Å². The Bertz CT molecular complexity index is 501. The maximum atomic E-state index is 10.3. The van der Waals surface area contributed by atoms with Crippen LogP contribution in [0.4, 0.5) is 0 Å². The molecule has 4 nitrogen and oxygen atoms in total. The first-order valence-corrected chi connectivity index (χ1v) is 16.6. The minimum atomic E-state index is -0.664. The average Bonchev–Trinajstić information content (AvgIpc) is 2.89. The first-order chi connectivity index (χ1) is 18.5. The molecule has 0 aliphatic carbocycles.